The summed E-state index contributed by atoms with van der Waals surface area (Å²) < 4.78 is 0. The molecule has 0 saturated carbocycles. The molecule has 0 aromatic rings. The quantitative estimate of drug-likeness (QED) is 0.497. The zero-order valence-electron chi connectivity index (χ0n) is 7.07. The molecule has 0 radical (unpaired) electrons. The molecule has 0 saturated heterocycles. The van der Waals surface area contributed by atoms with E-state index in [4.69, 9.17) is 0 Å². The summed E-state index contributed by atoms with van der Waals surface area (Å²) in [5, 5.41) is 0. The number of rotatable bonds is 2. The van der Waals surface area contributed by atoms with E-state index < -0.39 is 0 Å². The van der Waals surface area contributed by atoms with Gasteiger partial charge in [-0.1, -0.05) is 46.3 Å². The van der Waals surface area contributed by atoms with Crippen molar-refractivity contribution in [3.8, 4) is 0 Å². The van der Waals surface area contributed by atoms with Gasteiger partial charge < -0.3 is 0 Å². The Balaban J connectivity index is 3.45. The third-order valence-corrected chi connectivity index (χ3v) is 1.07. The molecule has 0 atom stereocenters. The van der Waals surface area contributed by atoms with Gasteiger partial charge in [0.2, 0.25) is 0 Å². The number of hydrogen-bond acceptors (Lipinski definition) is 0. The van der Waals surface area contributed by atoms with Crippen molar-refractivity contribution in [3.05, 3.63) is 12.2 Å². The Morgan fingerprint density at radius 3 is 2.11 bits per heavy atom. The van der Waals surface area contributed by atoms with Crippen LogP contribution >= 0.6 is 0 Å². The van der Waals surface area contributed by atoms with Crippen molar-refractivity contribution in [2.45, 2.75) is 40.5 Å². The molecule has 0 nitrogen and oxygen atoms in total. The Kier molecular flexibility index (Phi) is 3.60. The lowest BCUT2D eigenvalue weighted by molar-refractivity contribution is 0.542. The van der Waals surface area contributed by atoms with Gasteiger partial charge in [-0.2, -0.15) is 0 Å². The maximum absolute atomic E-state index is 2.27. The van der Waals surface area contributed by atoms with Crippen molar-refractivity contribution in [1.29, 1.82) is 0 Å². The summed E-state index contributed by atoms with van der Waals surface area (Å²) in [6.45, 7) is 8.87. The third kappa shape index (κ3) is 7.74. The summed E-state index contributed by atoms with van der Waals surface area (Å²) in [4.78, 5) is 0. The molecular formula is C9H18. The first-order valence-corrected chi connectivity index (χ1v) is 3.74. The third-order valence-electron chi connectivity index (χ3n) is 1.07. The van der Waals surface area contributed by atoms with Crippen LogP contribution in [0.4, 0.5) is 0 Å². The van der Waals surface area contributed by atoms with Crippen molar-refractivity contribution < 1.29 is 0 Å². The molecular weight excluding hydrogens is 108 g/mol. The van der Waals surface area contributed by atoms with Crippen LogP contribution in [0.5, 0.6) is 0 Å². The van der Waals surface area contributed by atoms with Crippen molar-refractivity contribution in [2.24, 2.45) is 5.41 Å². The van der Waals surface area contributed by atoms with E-state index in [-0.39, 0.29) is 0 Å². The van der Waals surface area contributed by atoms with Crippen LogP contribution < -0.4 is 0 Å². The average molecular weight is 126 g/mol. The van der Waals surface area contributed by atoms with Crippen LogP contribution in [0.15, 0.2) is 12.2 Å². The maximum atomic E-state index is 2.27. The van der Waals surface area contributed by atoms with Gasteiger partial charge in [0.15, 0.2) is 0 Å². The monoisotopic (exact) mass is 126 g/mol. The molecule has 0 aromatic carbocycles. The summed E-state index contributed by atoms with van der Waals surface area (Å²) in [6, 6.07) is 0. The topological polar surface area (TPSA) is 0 Å². The lowest BCUT2D eigenvalue weighted by Crippen LogP contribution is -1.97. The number of hydrogen-bond donors (Lipinski definition) is 0. The highest BCUT2D eigenvalue weighted by Gasteiger charge is 2.01. The van der Waals surface area contributed by atoms with Gasteiger partial charge >= 0.3 is 0 Å². The summed E-state index contributed by atoms with van der Waals surface area (Å²) in [7, 11) is 0. The Hall–Kier alpha value is -0.260. The first-order valence-electron chi connectivity index (χ1n) is 3.74. The first-order chi connectivity index (χ1) is 4.06. The molecule has 54 valence electrons. The Labute approximate surface area is 59.0 Å². The van der Waals surface area contributed by atoms with Crippen LogP contribution in [0.3, 0.4) is 0 Å². The predicted octanol–water partition coefficient (Wildman–Crippen LogP) is 3.39. The molecule has 0 rings (SSSR count). The van der Waals surface area contributed by atoms with Crippen LogP contribution in [0.1, 0.15) is 40.5 Å². The zero-order chi connectivity index (χ0) is 7.33. The molecule has 0 bridgehead atoms. The predicted molar refractivity (Wildman–Crippen MR) is 43.5 cm³/mol. The highest BCUT2D eigenvalue weighted by Crippen LogP contribution is 2.14. The molecule has 0 aliphatic heterocycles. The minimum absolute atomic E-state index is 0.370. The summed E-state index contributed by atoms with van der Waals surface area (Å²) in [6.07, 6.45) is 7.01. The van der Waals surface area contributed by atoms with E-state index in [1.54, 1.807) is 0 Å². The van der Waals surface area contributed by atoms with Crippen LogP contribution in [-0.4, -0.2) is 0 Å². The fourth-order valence-corrected chi connectivity index (χ4v) is 0.604. The SMILES string of the molecule is CCC/C=C/C(C)(C)C. The van der Waals surface area contributed by atoms with Crippen LogP contribution in [0, 0.1) is 5.41 Å². The zero-order valence-corrected chi connectivity index (χ0v) is 7.07. The average Bonchev–Trinajstić information content (AvgIpc) is 1.63. The Bertz CT molecular complexity index is 82.7. The standard InChI is InChI=1S/C9H18/c1-5-6-7-8-9(2,3)4/h7-8H,5-6H2,1-4H3/b8-7+. The van der Waals surface area contributed by atoms with Crippen molar-refractivity contribution in [3.63, 3.8) is 0 Å². The van der Waals surface area contributed by atoms with E-state index >= 15 is 0 Å². The molecule has 0 heterocycles. The van der Waals surface area contributed by atoms with Crippen LogP contribution in [0.2, 0.25) is 0 Å². The molecule has 0 aliphatic carbocycles. The van der Waals surface area contributed by atoms with Gasteiger partial charge in [0.05, 0.1) is 0 Å². The van der Waals surface area contributed by atoms with Crippen LogP contribution in [0.25, 0.3) is 0 Å². The van der Waals surface area contributed by atoms with Gasteiger partial charge in [0.1, 0.15) is 0 Å². The lowest BCUT2D eigenvalue weighted by atomic mass is 9.96. The van der Waals surface area contributed by atoms with Crippen molar-refractivity contribution in [2.75, 3.05) is 0 Å². The van der Waals surface area contributed by atoms with Crippen molar-refractivity contribution >= 4 is 0 Å². The van der Waals surface area contributed by atoms with Gasteiger partial charge in [-0.3, -0.25) is 0 Å². The molecule has 0 aromatic heterocycles. The molecule has 0 fully saturated rings. The van der Waals surface area contributed by atoms with E-state index in [1.807, 2.05) is 0 Å². The molecule has 0 unspecified atom stereocenters. The second-order valence-electron chi connectivity index (χ2n) is 3.56. The lowest BCUT2D eigenvalue weighted by Gasteiger charge is -2.10. The van der Waals surface area contributed by atoms with E-state index in [2.05, 4.69) is 39.8 Å². The van der Waals surface area contributed by atoms with E-state index in [0.29, 0.717) is 5.41 Å². The van der Waals surface area contributed by atoms with E-state index in [9.17, 15) is 0 Å². The van der Waals surface area contributed by atoms with E-state index in [1.165, 1.54) is 12.8 Å². The van der Waals surface area contributed by atoms with Gasteiger partial charge in [-0.05, 0) is 11.8 Å². The molecule has 0 heteroatoms. The Morgan fingerprint density at radius 1 is 1.22 bits per heavy atom. The van der Waals surface area contributed by atoms with Gasteiger partial charge in [0.25, 0.3) is 0 Å². The van der Waals surface area contributed by atoms with Gasteiger partial charge in [-0.15, -0.1) is 0 Å². The largest absolute Gasteiger partial charge is 0.0880 e. The molecule has 0 amide bonds. The Morgan fingerprint density at radius 2 is 1.78 bits per heavy atom. The van der Waals surface area contributed by atoms with Crippen molar-refractivity contribution in [1.82, 2.24) is 0 Å². The normalized spacial score (nSPS) is 12.9. The molecule has 0 spiro atoms. The minimum Gasteiger partial charge on any atom is -0.0880 e. The molecule has 0 N–H and O–H groups in total. The summed E-state index contributed by atoms with van der Waals surface area (Å²) in [5.41, 5.74) is 0.370. The fraction of sp³-hybridized carbons (Fsp3) is 0.778. The highest BCUT2D eigenvalue weighted by atomic mass is 14.1. The minimum atomic E-state index is 0.370. The fourth-order valence-electron chi connectivity index (χ4n) is 0.604. The van der Waals surface area contributed by atoms with Gasteiger partial charge in [0, 0.05) is 0 Å². The second-order valence-corrected chi connectivity index (χ2v) is 3.56. The molecule has 9 heavy (non-hydrogen) atoms. The number of allylic oxidation sites excluding steroid dienone is 2. The maximum Gasteiger partial charge on any atom is -0.0203 e. The van der Waals surface area contributed by atoms with Crippen LogP contribution in [-0.2, 0) is 0 Å². The number of unbranched alkanes of at least 4 members (excludes halogenated alkanes) is 1. The molecule has 0 aliphatic rings. The summed E-state index contributed by atoms with van der Waals surface area (Å²) in [5.74, 6) is 0. The smallest absolute Gasteiger partial charge is 0.0203 e. The van der Waals surface area contributed by atoms with E-state index in [0.717, 1.165) is 0 Å². The highest BCUT2D eigenvalue weighted by molar-refractivity contribution is 4.91. The van der Waals surface area contributed by atoms with Gasteiger partial charge in [-0.25, -0.2) is 0 Å². The second kappa shape index (κ2) is 3.71. The summed E-state index contributed by atoms with van der Waals surface area (Å²) >= 11 is 0. The first kappa shape index (κ1) is 8.74.